The predicted molar refractivity (Wildman–Crippen MR) is 212 cm³/mol. The Morgan fingerprint density at radius 2 is 1.60 bits per heavy atom. The molecule has 4 saturated heterocycles. The monoisotopic (exact) mass is 790 g/mol. The van der Waals surface area contributed by atoms with E-state index in [1.807, 2.05) is 17.0 Å². The normalized spacial score (nSPS) is 23.6. The number of amides is 4. The molecule has 6 aliphatic rings. The van der Waals surface area contributed by atoms with E-state index in [0.29, 0.717) is 18.2 Å². The summed E-state index contributed by atoms with van der Waals surface area (Å²) in [6, 6.07) is 12.0. The highest BCUT2D eigenvalue weighted by Crippen LogP contribution is 2.41. The van der Waals surface area contributed by atoms with Crippen molar-refractivity contribution in [3.05, 3.63) is 59.9 Å². The summed E-state index contributed by atoms with van der Waals surface area (Å²) in [5.74, 6) is 0.191. The van der Waals surface area contributed by atoms with Crippen molar-refractivity contribution in [2.45, 2.75) is 62.8 Å². The molecule has 2 N–H and O–H groups in total. The molecule has 5 fully saturated rings. The summed E-state index contributed by atoms with van der Waals surface area (Å²) >= 11 is 0. The van der Waals surface area contributed by atoms with Crippen LogP contribution in [0.15, 0.2) is 48.8 Å². The molecule has 5 aliphatic heterocycles. The Labute approximate surface area is 334 Å². The Kier molecular flexibility index (Phi) is 8.96. The highest BCUT2D eigenvalue weighted by molar-refractivity contribution is 6.23. The van der Waals surface area contributed by atoms with Crippen molar-refractivity contribution < 1.29 is 28.3 Å². The van der Waals surface area contributed by atoms with Gasteiger partial charge in [-0.15, -0.1) is 0 Å². The highest BCUT2D eigenvalue weighted by Gasteiger charge is 2.48. The van der Waals surface area contributed by atoms with Crippen molar-refractivity contribution in [2.24, 2.45) is 5.92 Å². The number of aromatic amines is 1. The Morgan fingerprint density at radius 3 is 2.36 bits per heavy atom. The number of H-pyrrole nitrogens is 1. The van der Waals surface area contributed by atoms with Crippen LogP contribution in [0.25, 0.3) is 22.3 Å². The lowest BCUT2D eigenvalue weighted by atomic mass is 9.93. The zero-order valence-electron chi connectivity index (χ0n) is 32.6. The Bertz CT molecular complexity index is 2310. The summed E-state index contributed by atoms with van der Waals surface area (Å²) in [5.41, 5.74) is 2.21. The molecule has 302 valence electrons. The number of imide groups is 2. The number of anilines is 2. The molecule has 0 radical (unpaired) electrons. The second-order valence-electron chi connectivity index (χ2n) is 17.3. The summed E-state index contributed by atoms with van der Waals surface area (Å²) in [6.07, 6.45) is 6.10. The summed E-state index contributed by atoms with van der Waals surface area (Å²) in [5, 5.41) is 10.9. The lowest BCUT2D eigenvalue weighted by molar-refractivity contribution is -0.136. The third-order valence-corrected chi connectivity index (χ3v) is 12.9. The average molecular weight is 791 g/mol. The van der Waals surface area contributed by atoms with Crippen LogP contribution in [0.4, 0.5) is 15.9 Å². The molecule has 2 aromatic heterocycles. The number of nitrogens with one attached hydrogen (secondary N) is 2. The van der Waals surface area contributed by atoms with Gasteiger partial charge in [-0.3, -0.25) is 39.4 Å². The van der Waals surface area contributed by atoms with Crippen molar-refractivity contribution in [1.29, 1.82) is 0 Å². The number of carbonyl (C=O) groups excluding carboxylic acids is 4. The maximum Gasteiger partial charge on any atom is 0.262 e. The minimum atomic E-state index is -1.37. The number of benzene rings is 2. The molecule has 2 aromatic carbocycles. The van der Waals surface area contributed by atoms with Gasteiger partial charge in [0.15, 0.2) is 5.67 Å². The van der Waals surface area contributed by atoms with Crippen LogP contribution >= 0.6 is 0 Å². The standard InChI is InChI=1S/C42H47FN10O5/c1-41(10-11-41)58-28-3-5-32-31(19-28)37(48-47-32)33-20-35(45-25-44-33)51-12-8-26(9-13-51)21-49-14-16-50(17-15-49)22-42(43)23-52(24-42)27-2-4-29-30(18-27)40(57)53(39(29)56)34-6-7-36(54)46-38(34)55/h2-5,18-20,25-26,34H,6-17,21-24H2,1H3,(H,47,48)(H,46,54,55). The summed E-state index contributed by atoms with van der Waals surface area (Å²) in [6.45, 7) is 9.22. The van der Waals surface area contributed by atoms with E-state index in [2.05, 4.69) is 59.2 Å². The predicted octanol–water partition coefficient (Wildman–Crippen LogP) is 3.41. The van der Waals surface area contributed by atoms with Gasteiger partial charge in [0.05, 0.1) is 41.1 Å². The Morgan fingerprint density at radius 1 is 0.845 bits per heavy atom. The van der Waals surface area contributed by atoms with E-state index in [9.17, 15) is 19.2 Å². The number of piperidine rings is 2. The van der Waals surface area contributed by atoms with Crippen LogP contribution in [0, 0.1) is 5.92 Å². The number of hydrogen-bond donors (Lipinski definition) is 2. The van der Waals surface area contributed by atoms with Crippen molar-refractivity contribution in [3.63, 3.8) is 0 Å². The molecule has 4 amide bonds. The SMILES string of the molecule is CC1(Oc2ccc3n[nH]c(-c4cc(N5CCC(CN6CCN(CC7(F)CN(c8ccc9c(c8)C(=O)N(C8CCC(=O)NC8=O)C9=O)C7)CC6)CC5)ncn4)c3c2)CC1. The topological polar surface area (TPSA) is 160 Å². The number of nitrogens with zero attached hydrogens (tertiary/aromatic N) is 8. The first-order chi connectivity index (χ1) is 28.0. The number of piperazine rings is 1. The molecule has 15 nitrogen and oxygen atoms in total. The third-order valence-electron chi connectivity index (χ3n) is 12.9. The third kappa shape index (κ3) is 6.95. The fraction of sp³-hybridized carbons (Fsp3) is 0.500. The molecule has 7 heterocycles. The van der Waals surface area contributed by atoms with Crippen molar-refractivity contribution >= 4 is 46.0 Å². The maximum atomic E-state index is 16.0. The number of aromatic nitrogens is 4. The maximum absolute atomic E-state index is 16.0. The first kappa shape index (κ1) is 36.8. The molecule has 4 aromatic rings. The van der Waals surface area contributed by atoms with Gasteiger partial charge in [0.1, 0.15) is 29.5 Å². The van der Waals surface area contributed by atoms with Crippen LogP contribution in [0.5, 0.6) is 5.75 Å². The number of ether oxygens (including phenoxy) is 1. The van der Waals surface area contributed by atoms with E-state index in [1.54, 1.807) is 24.5 Å². The Balaban J connectivity index is 0.682. The minimum absolute atomic E-state index is 0.0588. The lowest BCUT2D eigenvalue weighted by Crippen LogP contribution is -2.65. The minimum Gasteiger partial charge on any atom is -0.488 e. The molecule has 1 atom stereocenters. The van der Waals surface area contributed by atoms with Gasteiger partial charge in [0.2, 0.25) is 11.8 Å². The van der Waals surface area contributed by atoms with Gasteiger partial charge in [-0.2, -0.15) is 5.10 Å². The molecule has 1 aliphatic carbocycles. The fourth-order valence-corrected chi connectivity index (χ4v) is 9.28. The van der Waals surface area contributed by atoms with Crippen LogP contribution < -0.4 is 19.9 Å². The number of carbonyl (C=O) groups is 4. The second kappa shape index (κ2) is 14.1. The van der Waals surface area contributed by atoms with Crippen LogP contribution in [0.3, 0.4) is 0 Å². The molecule has 10 rings (SSSR count). The Hall–Kier alpha value is -5.48. The van der Waals surface area contributed by atoms with Gasteiger partial charge < -0.3 is 19.4 Å². The van der Waals surface area contributed by atoms with E-state index >= 15 is 4.39 Å². The lowest BCUT2D eigenvalue weighted by Gasteiger charge is -2.49. The van der Waals surface area contributed by atoms with E-state index < -0.39 is 35.3 Å². The van der Waals surface area contributed by atoms with Gasteiger partial charge in [-0.1, -0.05) is 0 Å². The van der Waals surface area contributed by atoms with E-state index in [4.69, 9.17) is 4.74 Å². The molecule has 1 saturated carbocycles. The van der Waals surface area contributed by atoms with Crippen molar-refractivity contribution in [3.8, 4) is 17.1 Å². The zero-order chi connectivity index (χ0) is 39.8. The van der Waals surface area contributed by atoms with Crippen molar-refractivity contribution in [2.75, 3.05) is 75.2 Å². The van der Waals surface area contributed by atoms with Gasteiger partial charge in [-0.25, -0.2) is 14.4 Å². The smallest absolute Gasteiger partial charge is 0.262 e. The molecule has 0 spiro atoms. The molecule has 1 unspecified atom stereocenters. The summed E-state index contributed by atoms with van der Waals surface area (Å²) in [4.78, 5) is 69.5. The van der Waals surface area contributed by atoms with Gasteiger partial charge in [-0.05, 0) is 81.3 Å². The number of alkyl halides is 1. The summed E-state index contributed by atoms with van der Waals surface area (Å²) in [7, 11) is 0. The first-order valence-corrected chi connectivity index (χ1v) is 20.5. The number of fused-ring (bicyclic) bond motifs is 2. The zero-order valence-corrected chi connectivity index (χ0v) is 32.6. The average Bonchev–Trinajstić information content (AvgIpc) is 3.69. The van der Waals surface area contributed by atoms with Gasteiger partial charge >= 0.3 is 0 Å². The molecule has 16 heteroatoms. The first-order valence-electron chi connectivity index (χ1n) is 20.5. The van der Waals surface area contributed by atoms with Crippen molar-refractivity contribution in [1.82, 2.24) is 40.2 Å². The van der Waals surface area contributed by atoms with Crippen LogP contribution in [0.2, 0.25) is 0 Å². The quantitative estimate of drug-likeness (QED) is 0.226. The van der Waals surface area contributed by atoms with Crippen LogP contribution in [0.1, 0.15) is 66.2 Å². The summed E-state index contributed by atoms with van der Waals surface area (Å²) < 4.78 is 22.2. The van der Waals surface area contributed by atoms with Gasteiger partial charge in [0, 0.05) is 75.9 Å². The number of rotatable bonds is 10. The number of hydrogen-bond acceptors (Lipinski definition) is 12. The van der Waals surface area contributed by atoms with E-state index in [-0.39, 0.29) is 42.7 Å². The molecular formula is C42H47FN10O5. The molecule has 0 bridgehead atoms. The largest absolute Gasteiger partial charge is 0.488 e. The van der Waals surface area contributed by atoms with Crippen LogP contribution in [-0.2, 0) is 9.59 Å². The molecule has 58 heavy (non-hydrogen) atoms. The van der Waals surface area contributed by atoms with E-state index in [1.165, 1.54) is 0 Å². The second-order valence-corrected chi connectivity index (χ2v) is 17.3. The molecular weight excluding hydrogens is 744 g/mol. The number of halogens is 1. The van der Waals surface area contributed by atoms with E-state index in [0.717, 1.165) is 110 Å². The fourth-order valence-electron chi connectivity index (χ4n) is 9.28. The van der Waals surface area contributed by atoms with Gasteiger partial charge in [0.25, 0.3) is 11.8 Å². The van der Waals surface area contributed by atoms with Crippen LogP contribution in [-0.4, -0.2) is 141 Å². The highest BCUT2D eigenvalue weighted by atomic mass is 19.1.